The molecule has 108 valence electrons. The van der Waals surface area contributed by atoms with Gasteiger partial charge in [-0.1, -0.05) is 22.9 Å². The van der Waals surface area contributed by atoms with Crippen molar-refractivity contribution in [3.8, 4) is 0 Å². The molecule has 0 heterocycles. The average molecular weight is 340 g/mol. The summed E-state index contributed by atoms with van der Waals surface area (Å²) in [5.41, 5.74) is -0.579. The molecule has 6 heteroatoms. The number of rotatable bonds is 6. The minimum atomic E-state index is -4.37. The third-order valence-corrected chi connectivity index (χ3v) is 3.28. The lowest BCUT2D eigenvalue weighted by Gasteiger charge is -2.15. The van der Waals surface area contributed by atoms with E-state index in [1.165, 1.54) is 6.07 Å². The third-order valence-electron chi connectivity index (χ3n) is 2.79. The fourth-order valence-electron chi connectivity index (χ4n) is 1.67. The number of benzene rings is 1. The molecule has 0 amide bonds. The maximum Gasteiger partial charge on any atom is 0.418 e. The zero-order chi connectivity index (χ0) is 14.5. The number of hydrogen-bond donors (Lipinski definition) is 2. The molecule has 0 saturated carbocycles. The Morgan fingerprint density at radius 1 is 1.37 bits per heavy atom. The van der Waals surface area contributed by atoms with E-state index in [-0.39, 0.29) is 18.2 Å². The maximum atomic E-state index is 12.8. The molecule has 19 heavy (non-hydrogen) atoms. The monoisotopic (exact) mass is 339 g/mol. The summed E-state index contributed by atoms with van der Waals surface area (Å²) in [4.78, 5) is 0. The second-order valence-electron chi connectivity index (χ2n) is 4.54. The van der Waals surface area contributed by atoms with E-state index in [0.717, 1.165) is 18.9 Å². The fraction of sp³-hybridized carbons (Fsp3) is 0.538. The lowest BCUT2D eigenvalue weighted by Crippen LogP contribution is -2.12. The number of nitrogens with one attached hydrogen (secondary N) is 1. The Morgan fingerprint density at radius 2 is 2.05 bits per heavy atom. The Morgan fingerprint density at radius 3 is 2.63 bits per heavy atom. The Labute approximate surface area is 119 Å². The summed E-state index contributed by atoms with van der Waals surface area (Å²) in [6.45, 7) is 2.46. The number of aliphatic hydroxyl groups excluding tert-OH is 1. The van der Waals surface area contributed by atoms with Crippen LogP contribution in [0.15, 0.2) is 22.7 Å². The Kier molecular flexibility index (Phi) is 6.13. The van der Waals surface area contributed by atoms with Crippen LogP contribution in [0, 0.1) is 5.92 Å². The summed E-state index contributed by atoms with van der Waals surface area (Å²) in [5.74, 6) is 0.175. The Balaban J connectivity index is 2.63. The first-order chi connectivity index (χ1) is 8.84. The predicted molar refractivity (Wildman–Crippen MR) is 73.1 cm³/mol. The summed E-state index contributed by atoms with van der Waals surface area (Å²) in [6.07, 6.45) is -2.87. The SMILES string of the molecule is CC(CO)CCCNc1ccc(Br)cc1C(F)(F)F. The van der Waals surface area contributed by atoms with Crippen molar-refractivity contribution in [3.63, 3.8) is 0 Å². The van der Waals surface area contributed by atoms with E-state index in [1.54, 1.807) is 6.07 Å². The number of hydrogen-bond acceptors (Lipinski definition) is 2. The van der Waals surface area contributed by atoms with Gasteiger partial charge in [-0.25, -0.2) is 0 Å². The van der Waals surface area contributed by atoms with E-state index in [9.17, 15) is 13.2 Å². The van der Waals surface area contributed by atoms with Crippen molar-refractivity contribution >= 4 is 21.6 Å². The van der Waals surface area contributed by atoms with Gasteiger partial charge >= 0.3 is 6.18 Å². The molecule has 0 fully saturated rings. The van der Waals surface area contributed by atoms with Gasteiger partial charge in [0, 0.05) is 23.3 Å². The first-order valence-corrected chi connectivity index (χ1v) is 6.85. The van der Waals surface area contributed by atoms with Crippen LogP contribution in [0.1, 0.15) is 25.3 Å². The largest absolute Gasteiger partial charge is 0.418 e. The molecule has 0 radical (unpaired) electrons. The lowest BCUT2D eigenvalue weighted by atomic mass is 10.1. The second kappa shape index (κ2) is 7.14. The van der Waals surface area contributed by atoms with Crippen molar-refractivity contribution in [1.82, 2.24) is 0 Å². The van der Waals surface area contributed by atoms with Gasteiger partial charge in [0.25, 0.3) is 0 Å². The third kappa shape index (κ3) is 5.40. The summed E-state index contributed by atoms with van der Waals surface area (Å²) in [6, 6.07) is 4.06. The minimum absolute atomic E-state index is 0.0901. The molecule has 1 aromatic rings. The van der Waals surface area contributed by atoms with E-state index in [0.29, 0.717) is 11.0 Å². The van der Waals surface area contributed by atoms with Crippen LogP contribution in [0.3, 0.4) is 0 Å². The van der Waals surface area contributed by atoms with E-state index < -0.39 is 11.7 Å². The molecule has 0 aliphatic heterocycles. The first kappa shape index (κ1) is 16.3. The second-order valence-corrected chi connectivity index (χ2v) is 5.46. The molecular formula is C13H17BrF3NO. The van der Waals surface area contributed by atoms with E-state index in [2.05, 4.69) is 21.2 Å². The van der Waals surface area contributed by atoms with Gasteiger partial charge in [0.1, 0.15) is 0 Å². The molecular weight excluding hydrogens is 323 g/mol. The van der Waals surface area contributed by atoms with Gasteiger partial charge in [-0.3, -0.25) is 0 Å². The lowest BCUT2D eigenvalue weighted by molar-refractivity contribution is -0.137. The highest BCUT2D eigenvalue weighted by atomic mass is 79.9. The molecule has 0 bridgehead atoms. The molecule has 0 aromatic heterocycles. The molecule has 2 N–H and O–H groups in total. The number of alkyl halides is 3. The van der Waals surface area contributed by atoms with Crippen molar-refractivity contribution in [1.29, 1.82) is 0 Å². The van der Waals surface area contributed by atoms with Crippen LogP contribution in [0.4, 0.5) is 18.9 Å². The molecule has 0 aliphatic rings. The highest BCUT2D eigenvalue weighted by Gasteiger charge is 2.33. The summed E-state index contributed by atoms with van der Waals surface area (Å²) >= 11 is 3.04. The molecule has 0 spiro atoms. The molecule has 2 nitrogen and oxygen atoms in total. The van der Waals surface area contributed by atoms with Crippen molar-refractivity contribution in [2.45, 2.75) is 25.9 Å². The van der Waals surface area contributed by atoms with Crippen LogP contribution in [-0.2, 0) is 6.18 Å². The predicted octanol–water partition coefficient (Wildman–Crippen LogP) is 4.29. The highest BCUT2D eigenvalue weighted by Crippen LogP contribution is 2.36. The Bertz CT molecular complexity index is 409. The molecule has 1 unspecified atom stereocenters. The standard InChI is InChI=1S/C13H17BrF3NO/c1-9(8-19)3-2-6-18-12-5-4-10(14)7-11(12)13(15,16)17/h4-5,7,9,18-19H,2-3,6,8H2,1H3. The van der Waals surface area contributed by atoms with Crippen LogP contribution < -0.4 is 5.32 Å². The van der Waals surface area contributed by atoms with E-state index in [1.807, 2.05) is 6.92 Å². The fourth-order valence-corrected chi connectivity index (χ4v) is 2.03. The van der Waals surface area contributed by atoms with Gasteiger partial charge in [0.15, 0.2) is 0 Å². The van der Waals surface area contributed by atoms with Gasteiger partial charge in [0.05, 0.1) is 5.56 Å². The van der Waals surface area contributed by atoms with Crippen LogP contribution >= 0.6 is 15.9 Å². The zero-order valence-corrected chi connectivity index (χ0v) is 12.2. The number of anilines is 1. The maximum absolute atomic E-state index is 12.8. The van der Waals surface area contributed by atoms with Crippen LogP contribution in [-0.4, -0.2) is 18.3 Å². The zero-order valence-electron chi connectivity index (χ0n) is 10.6. The molecule has 0 aliphatic carbocycles. The molecule has 1 rings (SSSR count). The molecule has 1 atom stereocenters. The number of aliphatic hydroxyl groups is 1. The molecule has 1 aromatic carbocycles. The summed E-state index contributed by atoms with van der Waals surface area (Å²) < 4.78 is 38.9. The van der Waals surface area contributed by atoms with Gasteiger partial charge < -0.3 is 10.4 Å². The van der Waals surface area contributed by atoms with Crippen molar-refractivity contribution in [2.75, 3.05) is 18.5 Å². The first-order valence-electron chi connectivity index (χ1n) is 6.06. The highest BCUT2D eigenvalue weighted by molar-refractivity contribution is 9.10. The quantitative estimate of drug-likeness (QED) is 0.758. The summed E-state index contributed by atoms with van der Waals surface area (Å²) in [7, 11) is 0. The topological polar surface area (TPSA) is 32.3 Å². The van der Waals surface area contributed by atoms with E-state index in [4.69, 9.17) is 5.11 Å². The van der Waals surface area contributed by atoms with Crippen LogP contribution in [0.25, 0.3) is 0 Å². The van der Waals surface area contributed by atoms with Gasteiger partial charge in [-0.15, -0.1) is 0 Å². The van der Waals surface area contributed by atoms with Crippen molar-refractivity contribution < 1.29 is 18.3 Å². The van der Waals surface area contributed by atoms with Gasteiger partial charge in [-0.2, -0.15) is 13.2 Å². The smallest absolute Gasteiger partial charge is 0.396 e. The van der Waals surface area contributed by atoms with Gasteiger partial charge in [-0.05, 0) is 37.0 Å². The van der Waals surface area contributed by atoms with Gasteiger partial charge in [0.2, 0.25) is 0 Å². The van der Waals surface area contributed by atoms with Crippen molar-refractivity contribution in [2.24, 2.45) is 5.92 Å². The molecule has 0 saturated heterocycles. The Hall–Kier alpha value is -0.750. The van der Waals surface area contributed by atoms with E-state index >= 15 is 0 Å². The van der Waals surface area contributed by atoms with Crippen molar-refractivity contribution in [3.05, 3.63) is 28.2 Å². The summed E-state index contributed by atoms with van der Waals surface area (Å²) in [5, 5.41) is 11.7. The average Bonchev–Trinajstić information content (AvgIpc) is 2.34. The minimum Gasteiger partial charge on any atom is -0.396 e. The normalized spacial score (nSPS) is 13.4. The van der Waals surface area contributed by atoms with Crippen LogP contribution in [0.2, 0.25) is 0 Å². The number of halogens is 4. The van der Waals surface area contributed by atoms with Crippen LogP contribution in [0.5, 0.6) is 0 Å².